The van der Waals surface area contributed by atoms with Crippen LogP contribution in [0, 0.1) is 0 Å². The molecule has 0 unspecified atom stereocenters. The molecule has 0 saturated heterocycles. The number of hydrogen-bond donors (Lipinski definition) is 0. The van der Waals surface area contributed by atoms with E-state index in [4.69, 9.17) is 0 Å². The molecule has 0 radical (unpaired) electrons. The van der Waals surface area contributed by atoms with E-state index >= 15 is 0 Å². The Hall–Kier alpha value is -1.31. The zero-order valence-electron chi connectivity index (χ0n) is 7.17. The van der Waals surface area contributed by atoms with E-state index in [0.717, 1.165) is 5.70 Å². The van der Waals surface area contributed by atoms with Crippen molar-refractivity contribution in [3.8, 4) is 0 Å². The van der Waals surface area contributed by atoms with Crippen LogP contribution in [0.1, 0.15) is 0 Å². The average molecular weight is 150 g/mol. The summed E-state index contributed by atoms with van der Waals surface area (Å²) in [5.74, 6) is 0. The third-order valence-electron chi connectivity index (χ3n) is 1.25. The highest BCUT2D eigenvalue weighted by molar-refractivity contribution is 5.33. The van der Waals surface area contributed by atoms with E-state index in [2.05, 4.69) is 24.9 Å². The minimum absolute atomic E-state index is 0.646. The van der Waals surface area contributed by atoms with E-state index in [1.165, 1.54) is 0 Å². The van der Waals surface area contributed by atoms with Crippen molar-refractivity contribution in [2.24, 2.45) is 4.99 Å². The summed E-state index contributed by atoms with van der Waals surface area (Å²) in [5, 5.41) is 0. The van der Waals surface area contributed by atoms with Gasteiger partial charge in [-0.25, -0.2) is 0 Å². The van der Waals surface area contributed by atoms with Gasteiger partial charge in [-0.2, -0.15) is 0 Å². The van der Waals surface area contributed by atoms with Crippen molar-refractivity contribution >= 4 is 6.72 Å². The van der Waals surface area contributed by atoms with E-state index in [1.807, 2.05) is 25.1 Å². The Balaban J connectivity index is 4.03. The van der Waals surface area contributed by atoms with Crippen LogP contribution in [0.2, 0.25) is 0 Å². The van der Waals surface area contributed by atoms with Gasteiger partial charge in [0.2, 0.25) is 0 Å². The number of aliphatic imine (C=N–C) groups is 1. The first-order valence-electron chi connectivity index (χ1n) is 3.28. The normalized spacial score (nSPS) is 9.64. The van der Waals surface area contributed by atoms with Crippen LogP contribution in [-0.2, 0) is 0 Å². The second kappa shape index (κ2) is 4.50. The van der Waals surface area contributed by atoms with Crippen molar-refractivity contribution in [1.29, 1.82) is 0 Å². The smallest absolute Gasteiger partial charge is 0.0551 e. The average Bonchev–Trinajstić information content (AvgIpc) is 1.99. The lowest BCUT2D eigenvalue weighted by Crippen LogP contribution is -2.07. The third kappa shape index (κ3) is 4.14. The molecule has 0 rings (SSSR count). The highest BCUT2D eigenvalue weighted by atomic mass is 15.1. The van der Waals surface area contributed by atoms with Crippen LogP contribution < -0.4 is 0 Å². The van der Waals surface area contributed by atoms with Crippen LogP contribution in [0.3, 0.4) is 0 Å². The summed E-state index contributed by atoms with van der Waals surface area (Å²) < 4.78 is 0. The standard InChI is InChI=1S/C9H14N2/c1-8(10-3)6-7-9(2)11(4)5/h6-7H,1-3H2,4-5H3/b7-6-. The largest absolute Gasteiger partial charge is 0.378 e. The molecule has 0 aromatic carbocycles. The Morgan fingerprint density at radius 1 is 1.27 bits per heavy atom. The fraction of sp³-hybridized carbons (Fsp3) is 0.222. The number of hydrogen-bond acceptors (Lipinski definition) is 2. The maximum atomic E-state index is 3.80. The number of nitrogens with zero attached hydrogens (tertiary/aromatic N) is 2. The molecule has 60 valence electrons. The molecule has 0 fully saturated rings. The van der Waals surface area contributed by atoms with Gasteiger partial charge in [-0.3, -0.25) is 4.99 Å². The van der Waals surface area contributed by atoms with Gasteiger partial charge in [-0.15, -0.1) is 0 Å². The van der Waals surface area contributed by atoms with Crippen molar-refractivity contribution in [2.75, 3.05) is 14.1 Å². The van der Waals surface area contributed by atoms with Crippen LogP contribution in [-0.4, -0.2) is 25.7 Å². The van der Waals surface area contributed by atoms with Crippen molar-refractivity contribution in [3.05, 3.63) is 36.7 Å². The first kappa shape index (κ1) is 9.69. The van der Waals surface area contributed by atoms with Crippen LogP contribution in [0.25, 0.3) is 0 Å². The minimum Gasteiger partial charge on any atom is -0.378 e. The highest BCUT2D eigenvalue weighted by Crippen LogP contribution is 2.00. The molecule has 0 atom stereocenters. The second-order valence-electron chi connectivity index (χ2n) is 2.37. The van der Waals surface area contributed by atoms with Crippen LogP contribution >= 0.6 is 0 Å². The van der Waals surface area contributed by atoms with E-state index in [9.17, 15) is 0 Å². The number of likely N-dealkylation sites (N-methyl/N-ethyl adjacent to an activating group) is 1. The summed E-state index contributed by atoms with van der Waals surface area (Å²) in [5.41, 5.74) is 1.56. The molecule has 0 aliphatic rings. The molecular weight excluding hydrogens is 136 g/mol. The summed E-state index contributed by atoms with van der Waals surface area (Å²) in [6.45, 7) is 10.8. The van der Waals surface area contributed by atoms with Crippen LogP contribution in [0.5, 0.6) is 0 Å². The molecule has 0 saturated carbocycles. The summed E-state index contributed by atoms with van der Waals surface area (Å²) >= 11 is 0. The molecule has 0 aliphatic carbocycles. The van der Waals surface area contributed by atoms with Gasteiger partial charge < -0.3 is 4.90 Å². The predicted octanol–water partition coefficient (Wildman–Crippen LogP) is 1.83. The van der Waals surface area contributed by atoms with Gasteiger partial charge in [0.15, 0.2) is 0 Å². The maximum Gasteiger partial charge on any atom is 0.0551 e. The van der Waals surface area contributed by atoms with Crippen LogP contribution in [0.15, 0.2) is 41.7 Å². The second-order valence-corrected chi connectivity index (χ2v) is 2.37. The summed E-state index contributed by atoms with van der Waals surface area (Å²) in [6, 6.07) is 0. The van der Waals surface area contributed by atoms with Gasteiger partial charge >= 0.3 is 0 Å². The molecule has 11 heavy (non-hydrogen) atoms. The van der Waals surface area contributed by atoms with Crippen LogP contribution in [0.4, 0.5) is 0 Å². The van der Waals surface area contributed by atoms with Crippen molar-refractivity contribution in [3.63, 3.8) is 0 Å². The first-order chi connectivity index (χ1) is 5.07. The van der Waals surface area contributed by atoms with Gasteiger partial charge in [0.25, 0.3) is 0 Å². The fourth-order valence-corrected chi connectivity index (χ4v) is 0.394. The predicted molar refractivity (Wildman–Crippen MR) is 50.7 cm³/mol. The van der Waals surface area contributed by atoms with E-state index in [1.54, 1.807) is 6.08 Å². The summed E-state index contributed by atoms with van der Waals surface area (Å²) in [4.78, 5) is 5.54. The van der Waals surface area contributed by atoms with Crippen molar-refractivity contribution in [1.82, 2.24) is 4.90 Å². The maximum absolute atomic E-state index is 3.80. The zero-order valence-corrected chi connectivity index (χ0v) is 7.17. The lowest BCUT2D eigenvalue weighted by Gasteiger charge is -2.10. The molecule has 0 aromatic heterocycles. The Morgan fingerprint density at radius 3 is 2.18 bits per heavy atom. The highest BCUT2D eigenvalue weighted by Gasteiger charge is 1.88. The summed E-state index contributed by atoms with van der Waals surface area (Å²) in [6.07, 6.45) is 3.62. The lowest BCUT2D eigenvalue weighted by atomic mass is 10.3. The molecule has 0 spiro atoms. The topological polar surface area (TPSA) is 15.6 Å². The Labute approximate surface area is 68.2 Å². The van der Waals surface area contributed by atoms with Gasteiger partial charge in [0, 0.05) is 19.8 Å². The van der Waals surface area contributed by atoms with Crippen molar-refractivity contribution in [2.45, 2.75) is 0 Å². The monoisotopic (exact) mass is 150 g/mol. The van der Waals surface area contributed by atoms with E-state index < -0.39 is 0 Å². The van der Waals surface area contributed by atoms with Gasteiger partial charge in [-0.05, 0) is 18.9 Å². The van der Waals surface area contributed by atoms with Gasteiger partial charge in [0.1, 0.15) is 0 Å². The first-order valence-corrected chi connectivity index (χ1v) is 3.28. The molecule has 2 heteroatoms. The molecule has 2 nitrogen and oxygen atoms in total. The number of allylic oxidation sites excluding steroid dienone is 2. The van der Waals surface area contributed by atoms with Gasteiger partial charge in [0.05, 0.1) is 5.70 Å². The molecular formula is C9H14N2. The lowest BCUT2D eigenvalue weighted by molar-refractivity contribution is 0.532. The quantitative estimate of drug-likeness (QED) is 0.441. The number of rotatable bonds is 4. The molecule has 0 bridgehead atoms. The molecule has 0 aliphatic heterocycles. The minimum atomic E-state index is 0.646. The van der Waals surface area contributed by atoms with E-state index in [-0.39, 0.29) is 0 Å². The fourth-order valence-electron chi connectivity index (χ4n) is 0.394. The SMILES string of the molecule is C=NC(=C)/C=C\C(=C)N(C)C. The van der Waals surface area contributed by atoms with Gasteiger partial charge in [-0.1, -0.05) is 13.2 Å². The Bertz CT molecular complexity index is 200. The zero-order chi connectivity index (χ0) is 8.85. The molecule has 0 amide bonds. The van der Waals surface area contributed by atoms with Crippen molar-refractivity contribution < 1.29 is 0 Å². The third-order valence-corrected chi connectivity index (χ3v) is 1.25. The molecule has 0 heterocycles. The molecule has 0 aromatic rings. The Morgan fingerprint density at radius 2 is 1.82 bits per heavy atom. The Kier molecular flexibility index (Phi) is 3.96. The molecule has 0 N–H and O–H groups in total. The summed E-state index contributed by atoms with van der Waals surface area (Å²) in [7, 11) is 3.85. The van der Waals surface area contributed by atoms with E-state index in [0.29, 0.717) is 5.70 Å².